The molecule has 0 bridgehead atoms. The Balaban J connectivity index is 0. The Bertz CT molecular complexity index is 68.5. The van der Waals surface area contributed by atoms with Gasteiger partial charge >= 0.3 is 0 Å². The number of rotatable bonds is 8. The summed E-state index contributed by atoms with van der Waals surface area (Å²) in [5.74, 6) is 0. The van der Waals surface area contributed by atoms with Gasteiger partial charge in [-0.2, -0.15) is 0 Å². The summed E-state index contributed by atoms with van der Waals surface area (Å²) in [5, 5.41) is 16.3. The van der Waals surface area contributed by atoms with E-state index in [4.69, 9.17) is 19.7 Å². The molecule has 0 saturated heterocycles. The topological polar surface area (TPSA) is 58.9 Å². The first kappa shape index (κ1) is 16.3. The fraction of sp³-hybridized carbons (Fsp3) is 1.00. The minimum absolute atomic E-state index is 0.133. The summed E-state index contributed by atoms with van der Waals surface area (Å²) < 4.78 is 9.71. The van der Waals surface area contributed by atoms with Crippen LogP contribution in [0.15, 0.2) is 0 Å². The molecule has 0 aliphatic carbocycles. The largest absolute Gasteiger partial charge is 0.394 e. The monoisotopic (exact) mass is 208 g/mol. The quantitative estimate of drug-likeness (QED) is 0.580. The lowest BCUT2D eigenvalue weighted by Gasteiger charge is -1.97. The van der Waals surface area contributed by atoms with E-state index in [0.717, 1.165) is 19.4 Å². The van der Waals surface area contributed by atoms with Crippen LogP contribution in [-0.4, -0.2) is 49.9 Å². The minimum Gasteiger partial charge on any atom is -0.394 e. The number of aliphatic hydroxyl groups excluding tert-OH is 2. The molecule has 88 valence electrons. The predicted molar refractivity (Wildman–Crippen MR) is 56.4 cm³/mol. The highest BCUT2D eigenvalue weighted by molar-refractivity contribution is 4.30. The third kappa shape index (κ3) is 22.6. The molecular formula is C10H24O4. The van der Waals surface area contributed by atoms with Crippen molar-refractivity contribution in [2.75, 3.05) is 39.6 Å². The van der Waals surface area contributed by atoms with Crippen molar-refractivity contribution in [3.05, 3.63) is 0 Å². The number of aliphatic hydroxyl groups is 2. The van der Waals surface area contributed by atoms with Crippen molar-refractivity contribution in [2.24, 2.45) is 0 Å². The Morgan fingerprint density at radius 1 is 0.857 bits per heavy atom. The molecule has 0 aromatic rings. The first-order chi connectivity index (χ1) is 6.83. The Morgan fingerprint density at radius 2 is 1.43 bits per heavy atom. The van der Waals surface area contributed by atoms with Gasteiger partial charge in [0.15, 0.2) is 0 Å². The summed E-state index contributed by atoms with van der Waals surface area (Å²) in [7, 11) is 0. The average molecular weight is 208 g/mol. The van der Waals surface area contributed by atoms with E-state index >= 15 is 0 Å². The van der Waals surface area contributed by atoms with Gasteiger partial charge in [0.05, 0.1) is 26.4 Å². The molecule has 0 aliphatic rings. The van der Waals surface area contributed by atoms with Gasteiger partial charge in [0.1, 0.15) is 0 Å². The number of hydrogen-bond donors (Lipinski definition) is 2. The van der Waals surface area contributed by atoms with Crippen LogP contribution in [0.5, 0.6) is 0 Å². The van der Waals surface area contributed by atoms with Gasteiger partial charge in [-0.3, -0.25) is 0 Å². The molecule has 0 aliphatic heterocycles. The second-order valence-corrected chi connectivity index (χ2v) is 2.61. The maximum absolute atomic E-state index is 8.24. The predicted octanol–water partition coefficient (Wildman–Crippen LogP) is 0.811. The summed E-state index contributed by atoms with van der Waals surface area (Å²) in [4.78, 5) is 0. The van der Waals surface area contributed by atoms with E-state index in [1.54, 1.807) is 0 Å². The van der Waals surface area contributed by atoms with E-state index < -0.39 is 0 Å². The van der Waals surface area contributed by atoms with Crippen LogP contribution in [-0.2, 0) is 9.47 Å². The van der Waals surface area contributed by atoms with Gasteiger partial charge in [-0.25, -0.2) is 0 Å². The van der Waals surface area contributed by atoms with Gasteiger partial charge in [-0.1, -0.05) is 13.3 Å². The lowest BCUT2D eigenvalue weighted by atomic mass is 10.4. The molecule has 4 heteroatoms. The molecule has 0 rings (SSSR count). The SMILES string of the molecule is CCCCOCCO.CCOCCO. The summed E-state index contributed by atoms with van der Waals surface area (Å²) in [6.07, 6.45) is 2.26. The van der Waals surface area contributed by atoms with Crippen molar-refractivity contribution in [1.29, 1.82) is 0 Å². The Labute approximate surface area is 86.8 Å². The number of unbranched alkanes of at least 4 members (excludes halogenated alkanes) is 1. The lowest BCUT2D eigenvalue weighted by Crippen LogP contribution is -1.99. The van der Waals surface area contributed by atoms with E-state index in [-0.39, 0.29) is 13.2 Å². The van der Waals surface area contributed by atoms with Gasteiger partial charge in [0, 0.05) is 13.2 Å². The fourth-order valence-corrected chi connectivity index (χ4v) is 0.622. The van der Waals surface area contributed by atoms with Gasteiger partial charge in [0.25, 0.3) is 0 Å². The van der Waals surface area contributed by atoms with Crippen LogP contribution in [0.1, 0.15) is 26.7 Å². The molecule has 0 aromatic carbocycles. The van der Waals surface area contributed by atoms with Gasteiger partial charge < -0.3 is 19.7 Å². The first-order valence-electron chi connectivity index (χ1n) is 5.20. The lowest BCUT2D eigenvalue weighted by molar-refractivity contribution is 0.0904. The van der Waals surface area contributed by atoms with Gasteiger partial charge in [0.2, 0.25) is 0 Å². The van der Waals surface area contributed by atoms with E-state index in [2.05, 4.69) is 6.92 Å². The van der Waals surface area contributed by atoms with Crippen LogP contribution in [0.3, 0.4) is 0 Å². The highest BCUT2D eigenvalue weighted by Crippen LogP contribution is 1.85. The van der Waals surface area contributed by atoms with E-state index in [9.17, 15) is 0 Å². The molecule has 0 heterocycles. The zero-order chi connectivity index (χ0) is 11.1. The molecule has 4 nitrogen and oxygen atoms in total. The summed E-state index contributed by atoms with van der Waals surface area (Å²) in [6.45, 7) is 6.73. The second kappa shape index (κ2) is 18.6. The molecule has 0 unspecified atom stereocenters. The highest BCUT2D eigenvalue weighted by atomic mass is 16.5. The maximum Gasteiger partial charge on any atom is 0.0697 e. The minimum atomic E-state index is 0.133. The molecule has 0 aromatic heterocycles. The third-order valence-electron chi connectivity index (χ3n) is 1.32. The Kier molecular flexibility index (Phi) is 21.6. The molecule has 0 atom stereocenters. The molecule has 0 spiro atoms. The smallest absolute Gasteiger partial charge is 0.0697 e. The van der Waals surface area contributed by atoms with Crippen molar-refractivity contribution >= 4 is 0 Å². The molecule has 14 heavy (non-hydrogen) atoms. The van der Waals surface area contributed by atoms with Crippen molar-refractivity contribution in [3.8, 4) is 0 Å². The summed E-state index contributed by atoms with van der Waals surface area (Å²) >= 11 is 0. The second-order valence-electron chi connectivity index (χ2n) is 2.61. The zero-order valence-corrected chi connectivity index (χ0v) is 9.37. The summed E-state index contributed by atoms with van der Waals surface area (Å²) in [5.41, 5.74) is 0. The first-order valence-corrected chi connectivity index (χ1v) is 5.20. The van der Waals surface area contributed by atoms with E-state index in [1.165, 1.54) is 0 Å². The molecule has 0 saturated carbocycles. The fourth-order valence-electron chi connectivity index (χ4n) is 0.622. The van der Waals surface area contributed by atoms with Crippen LogP contribution in [0.25, 0.3) is 0 Å². The number of ether oxygens (including phenoxy) is 2. The standard InChI is InChI=1S/C6H14O2.C4H10O2/c1-2-3-5-8-6-4-7;1-2-6-4-3-5/h7H,2-6H2,1H3;5H,2-4H2,1H3. The van der Waals surface area contributed by atoms with Crippen LogP contribution in [0.4, 0.5) is 0 Å². The van der Waals surface area contributed by atoms with Crippen molar-refractivity contribution in [2.45, 2.75) is 26.7 Å². The van der Waals surface area contributed by atoms with Crippen molar-refractivity contribution in [3.63, 3.8) is 0 Å². The maximum atomic E-state index is 8.24. The number of hydrogen-bond acceptors (Lipinski definition) is 4. The van der Waals surface area contributed by atoms with Gasteiger partial charge in [-0.05, 0) is 13.3 Å². The molecule has 0 fully saturated rings. The van der Waals surface area contributed by atoms with Gasteiger partial charge in [-0.15, -0.1) is 0 Å². The third-order valence-corrected chi connectivity index (χ3v) is 1.32. The highest BCUT2D eigenvalue weighted by Gasteiger charge is 1.82. The zero-order valence-electron chi connectivity index (χ0n) is 9.37. The Morgan fingerprint density at radius 3 is 1.79 bits per heavy atom. The van der Waals surface area contributed by atoms with Crippen LogP contribution in [0, 0.1) is 0 Å². The molecule has 2 N–H and O–H groups in total. The molecular weight excluding hydrogens is 184 g/mol. The van der Waals surface area contributed by atoms with Crippen molar-refractivity contribution < 1.29 is 19.7 Å². The van der Waals surface area contributed by atoms with Crippen molar-refractivity contribution in [1.82, 2.24) is 0 Å². The Hall–Kier alpha value is -0.160. The van der Waals surface area contributed by atoms with Crippen LogP contribution < -0.4 is 0 Å². The van der Waals surface area contributed by atoms with E-state index in [1.807, 2.05) is 6.92 Å². The molecule has 0 amide bonds. The summed E-state index contributed by atoms with van der Waals surface area (Å²) in [6, 6.07) is 0. The van der Waals surface area contributed by atoms with E-state index in [0.29, 0.717) is 19.8 Å². The normalized spacial score (nSPS) is 9.43. The van der Waals surface area contributed by atoms with Crippen LogP contribution >= 0.6 is 0 Å². The average Bonchev–Trinajstić information content (AvgIpc) is 2.22. The van der Waals surface area contributed by atoms with Crippen LogP contribution in [0.2, 0.25) is 0 Å². The molecule has 0 radical (unpaired) electrons.